The zero-order valence-corrected chi connectivity index (χ0v) is 21.2. The predicted octanol–water partition coefficient (Wildman–Crippen LogP) is 4.94. The second-order valence-electron chi connectivity index (χ2n) is 9.66. The number of likely N-dealkylation sites (tertiary alicyclic amines) is 1. The first-order chi connectivity index (χ1) is 18.2. The fraction of sp³-hybridized carbons (Fsp3) is 0.370. The first-order valence-corrected chi connectivity index (χ1v) is 13.2. The quantitative estimate of drug-likeness (QED) is 0.493. The van der Waals surface area contributed by atoms with Crippen LogP contribution in [-0.4, -0.2) is 53.5 Å². The van der Waals surface area contributed by atoms with Gasteiger partial charge in [-0.15, -0.1) is 11.3 Å². The van der Waals surface area contributed by atoms with E-state index >= 15 is 0 Å². The van der Waals surface area contributed by atoms with Gasteiger partial charge in [-0.3, -0.25) is 9.59 Å². The third-order valence-corrected chi connectivity index (χ3v) is 8.17. The maximum Gasteiger partial charge on any atom is 0.417 e. The summed E-state index contributed by atoms with van der Waals surface area (Å²) in [5, 5.41) is 3.42. The topological polar surface area (TPSA) is 80.8 Å². The molecule has 11 heteroatoms. The highest BCUT2D eigenvalue weighted by Gasteiger charge is 2.54. The molecule has 0 radical (unpaired) electrons. The summed E-state index contributed by atoms with van der Waals surface area (Å²) < 4.78 is 52.5. The number of hydrogen-bond acceptors (Lipinski definition) is 6. The van der Waals surface area contributed by atoms with E-state index in [1.807, 2.05) is 0 Å². The number of carbonyl (C=O) groups is 2. The van der Waals surface area contributed by atoms with Crippen LogP contribution in [0.15, 0.2) is 42.5 Å². The molecule has 2 aromatic carbocycles. The number of aryl methyl sites for hydroxylation is 1. The fourth-order valence-electron chi connectivity index (χ4n) is 5.42. The molecule has 3 atom stereocenters. The number of fused-ring (bicyclic) bond motifs is 2. The minimum absolute atomic E-state index is 0.00154. The molecule has 1 aromatic heterocycles. The monoisotopic (exact) mass is 543 g/mol. The lowest BCUT2D eigenvalue weighted by molar-refractivity contribution is -0.137. The standard InChI is InChI=1S/C27H24F3N3O4S/c1-14-32-22(24(38-14)17-5-2-3-7-19(17)27(28,29)30)26(35)33-16(11-15-12-20(15)33)13-31-25(34)18-6-4-8-21-23(18)37-10-9-36-21/h2-8,15-16,20H,9-13H2,1H3,(H,31,34)/t15-,16+,20+/m1/s1. The summed E-state index contributed by atoms with van der Waals surface area (Å²) in [6.07, 6.45) is -3.02. The van der Waals surface area contributed by atoms with E-state index in [0.717, 1.165) is 23.8 Å². The lowest BCUT2D eigenvalue weighted by Crippen LogP contribution is -2.45. The molecule has 0 spiro atoms. The van der Waals surface area contributed by atoms with Crippen LogP contribution in [0.3, 0.4) is 0 Å². The molecule has 1 aliphatic carbocycles. The van der Waals surface area contributed by atoms with E-state index in [2.05, 4.69) is 10.3 Å². The number of thiazole rings is 1. The van der Waals surface area contributed by atoms with E-state index in [1.165, 1.54) is 18.2 Å². The number of hydrogen-bond donors (Lipinski definition) is 1. The Bertz CT molecular complexity index is 1420. The summed E-state index contributed by atoms with van der Waals surface area (Å²) in [5.41, 5.74) is -0.480. The van der Waals surface area contributed by atoms with Crippen LogP contribution in [0.25, 0.3) is 10.4 Å². The molecule has 198 valence electrons. The smallest absolute Gasteiger partial charge is 0.417 e. The molecule has 7 nitrogen and oxygen atoms in total. The highest BCUT2D eigenvalue weighted by Crippen LogP contribution is 2.49. The summed E-state index contributed by atoms with van der Waals surface area (Å²) in [4.78, 5) is 33.1. The Morgan fingerprint density at radius 2 is 1.89 bits per heavy atom. The molecule has 1 N–H and O–H groups in total. The number of amides is 2. The van der Waals surface area contributed by atoms with Gasteiger partial charge in [-0.05, 0) is 43.9 Å². The van der Waals surface area contributed by atoms with Crippen molar-refractivity contribution in [3.63, 3.8) is 0 Å². The molecular formula is C27H24F3N3O4S. The van der Waals surface area contributed by atoms with Crippen LogP contribution in [0.1, 0.15) is 44.3 Å². The van der Waals surface area contributed by atoms with Gasteiger partial charge in [-0.25, -0.2) is 4.98 Å². The number of para-hydroxylation sites is 1. The Labute approximate surface area is 220 Å². The Morgan fingerprint density at radius 1 is 1.11 bits per heavy atom. The first kappa shape index (κ1) is 24.7. The number of ether oxygens (including phenoxy) is 2. The van der Waals surface area contributed by atoms with Crippen molar-refractivity contribution in [3.05, 3.63) is 64.3 Å². The minimum atomic E-state index is -4.57. The van der Waals surface area contributed by atoms with Crippen LogP contribution in [0.5, 0.6) is 11.5 Å². The van der Waals surface area contributed by atoms with Crippen LogP contribution >= 0.6 is 11.3 Å². The molecule has 0 unspecified atom stereocenters. The molecule has 1 saturated heterocycles. The van der Waals surface area contributed by atoms with Gasteiger partial charge >= 0.3 is 6.18 Å². The van der Waals surface area contributed by atoms with E-state index in [4.69, 9.17) is 9.47 Å². The van der Waals surface area contributed by atoms with Crippen molar-refractivity contribution < 1.29 is 32.2 Å². The van der Waals surface area contributed by atoms with Crippen molar-refractivity contribution in [3.8, 4) is 21.9 Å². The normalized spacial score (nSPS) is 21.7. The number of carbonyl (C=O) groups excluding carboxylic acids is 2. The zero-order chi connectivity index (χ0) is 26.6. The van der Waals surface area contributed by atoms with E-state index in [1.54, 1.807) is 30.0 Å². The van der Waals surface area contributed by atoms with Crippen LogP contribution in [-0.2, 0) is 6.18 Å². The first-order valence-electron chi connectivity index (χ1n) is 12.4. The van der Waals surface area contributed by atoms with E-state index in [0.29, 0.717) is 47.6 Å². The van der Waals surface area contributed by atoms with Gasteiger partial charge in [0.05, 0.1) is 27.1 Å². The summed E-state index contributed by atoms with van der Waals surface area (Å²) in [6.45, 7) is 2.64. The maximum absolute atomic E-state index is 13.8. The summed E-state index contributed by atoms with van der Waals surface area (Å²) in [7, 11) is 0. The molecule has 3 aromatic rings. The van der Waals surface area contributed by atoms with Gasteiger partial charge in [0.15, 0.2) is 11.5 Å². The van der Waals surface area contributed by atoms with Crippen LogP contribution in [0.4, 0.5) is 13.2 Å². The van der Waals surface area contributed by atoms with Gasteiger partial charge in [-0.2, -0.15) is 13.2 Å². The Morgan fingerprint density at radius 3 is 2.71 bits per heavy atom. The second kappa shape index (κ2) is 9.30. The summed E-state index contributed by atoms with van der Waals surface area (Å²) in [6, 6.07) is 10.1. The van der Waals surface area contributed by atoms with Crippen molar-refractivity contribution in [2.24, 2.45) is 5.92 Å². The Hall–Kier alpha value is -3.60. The van der Waals surface area contributed by atoms with Crippen molar-refractivity contribution in [1.82, 2.24) is 15.2 Å². The van der Waals surface area contributed by atoms with Crippen molar-refractivity contribution in [2.75, 3.05) is 19.8 Å². The van der Waals surface area contributed by atoms with Gasteiger partial charge in [0.25, 0.3) is 11.8 Å². The van der Waals surface area contributed by atoms with Crippen molar-refractivity contribution in [1.29, 1.82) is 0 Å². The molecule has 3 heterocycles. The lowest BCUT2D eigenvalue weighted by atomic mass is 10.0. The fourth-order valence-corrected chi connectivity index (χ4v) is 6.37. The third kappa shape index (κ3) is 4.38. The van der Waals surface area contributed by atoms with Crippen molar-refractivity contribution >= 4 is 23.2 Å². The van der Waals surface area contributed by atoms with Crippen LogP contribution in [0, 0.1) is 12.8 Å². The van der Waals surface area contributed by atoms with Crippen LogP contribution < -0.4 is 14.8 Å². The number of aromatic nitrogens is 1. The number of nitrogens with zero attached hydrogens (tertiary/aromatic N) is 2. The van der Waals surface area contributed by atoms with Gasteiger partial charge in [0, 0.05) is 18.2 Å². The molecule has 38 heavy (non-hydrogen) atoms. The molecule has 2 fully saturated rings. The number of nitrogens with one attached hydrogen (secondary N) is 1. The Kier molecular flexibility index (Phi) is 6.05. The Balaban J connectivity index is 1.24. The highest BCUT2D eigenvalue weighted by atomic mass is 32.1. The number of piperidine rings is 1. The van der Waals surface area contributed by atoms with E-state index in [-0.39, 0.29) is 40.7 Å². The molecule has 1 saturated carbocycles. The summed E-state index contributed by atoms with van der Waals surface area (Å²) in [5.74, 6) is 0.467. The molecule has 2 aliphatic heterocycles. The SMILES string of the molecule is Cc1nc(C(=O)N2[C@H](CNC(=O)c3cccc4c3OCCO4)C[C@@H]3C[C@@H]32)c(-c2ccccc2C(F)(F)F)s1. The van der Waals surface area contributed by atoms with E-state index < -0.39 is 17.6 Å². The molecular weight excluding hydrogens is 519 g/mol. The lowest BCUT2D eigenvalue weighted by Gasteiger charge is -2.28. The van der Waals surface area contributed by atoms with Crippen LogP contribution in [0.2, 0.25) is 0 Å². The molecule has 6 rings (SSSR count). The number of halogens is 3. The average Bonchev–Trinajstić information content (AvgIpc) is 3.39. The highest BCUT2D eigenvalue weighted by molar-refractivity contribution is 7.15. The minimum Gasteiger partial charge on any atom is -0.486 e. The molecule has 3 aliphatic rings. The van der Waals surface area contributed by atoms with Crippen molar-refractivity contribution in [2.45, 2.75) is 38.0 Å². The number of benzene rings is 2. The zero-order valence-electron chi connectivity index (χ0n) is 20.4. The van der Waals surface area contributed by atoms with Gasteiger partial charge in [0.2, 0.25) is 0 Å². The summed E-state index contributed by atoms with van der Waals surface area (Å²) >= 11 is 1.08. The number of rotatable bonds is 5. The van der Waals surface area contributed by atoms with Gasteiger partial charge in [0.1, 0.15) is 18.9 Å². The van der Waals surface area contributed by atoms with Gasteiger partial charge in [-0.1, -0.05) is 24.3 Å². The number of alkyl halides is 3. The average molecular weight is 544 g/mol. The largest absolute Gasteiger partial charge is 0.486 e. The maximum atomic E-state index is 13.8. The van der Waals surface area contributed by atoms with Gasteiger partial charge < -0.3 is 19.7 Å². The second-order valence-corrected chi connectivity index (χ2v) is 10.9. The predicted molar refractivity (Wildman–Crippen MR) is 134 cm³/mol. The molecule has 0 bridgehead atoms. The van der Waals surface area contributed by atoms with E-state index in [9.17, 15) is 22.8 Å². The molecule has 2 amide bonds. The third-order valence-electron chi connectivity index (χ3n) is 7.17.